The molecular formula is C22H22N6O2S. The van der Waals surface area contributed by atoms with E-state index in [0.29, 0.717) is 29.1 Å². The predicted octanol–water partition coefficient (Wildman–Crippen LogP) is 4.40. The Morgan fingerprint density at radius 3 is 2.58 bits per heavy atom. The van der Waals surface area contributed by atoms with Gasteiger partial charge in [-0.25, -0.2) is 9.78 Å². The molecule has 1 aromatic carbocycles. The number of rotatable bonds is 5. The first-order valence-corrected chi connectivity index (χ1v) is 10.7. The topological polar surface area (TPSA) is 101 Å². The van der Waals surface area contributed by atoms with Crippen molar-refractivity contribution >= 4 is 45.7 Å². The maximum Gasteiger partial charge on any atom is 0.319 e. The Kier molecular flexibility index (Phi) is 5.68. The van der Waals surface area contributed by atoms with Crippen LogP contribution >= 0.6 is 11.3 Å². The van der Waals surface area contributed by atoms with Crippen LogP contribution in [0.1, 0.15) is 23.0 Å². The van der Waals surface area contributed by atoms with Gasteiger partial charge < -0.3 is 16.0 Å². The summed E-state index contributed by atoms with van der Waals surface area (Å²) in [5.41, 5.74) is 3.77. The number of carbonyl (C=O) groups excluding carboxylic acids is 2. The van der Waals surface area contributed by atoms with Crippen molar-refractivity contribution in [2.75, 3.05) is 17.2 Å². The normalized spacial score (nSPS) is 10.8. The van der Waals surface area contributed by atoms with Gasteiger partial charge in [0.05, 0.1) is 27.2 Å². The number of benzene rings is 1. The number of nitrogens with one attached hydrogen (secondary N) is 3. The number of pyridine rings is 1. The second-order valence-corrected chi connectivity index (χ2v) is 7.91. The van der Waals surface area contributed by atoms with Crippen LogP contribution in [-0.4, -0.2) is 33.2 Å². The Labute approximate surface area is 183 Å². The summed E-state index contributed by atoms with van der Waals surface area (Å²) in [6, 6.07) is 12.4. The number of hydrogen-bond donors (Lipinski definition) is 3. The molecule has 9 heteroatoms. The maximum atomic E-state index is 13.3. The molecule has 0 saturated heterocycles. The molecule has 0 saturated carbocycles. The van der Waals surface area contributed by atoms with E-state index in [-0.39, 0.29) is 11.9 Å². The number of thiophene rings is 1. The van der Waals surface area contributed by atoms with E-state index in [0.717, 1.165) is 21.7 Å². The van der Waals surface area contributed by atoms with Crippen LogP contribution in [0.5, 0.6) is 0 Å². The second-order valence-electron chi connectivity index (χ2n) is 6.96. The number of fused-ring (bicyclic) bond motifs is 1. The number of aryl methyl sites for hydroxylation is 2. The van der Waals surface area contributed by atoms with Crippen molar-refractivity contribution in [3.8, 4) is 10.6 Å². The number of aromatic nitrogens is 3. The molecule has 0 radical (unpaired) electrons. The lowest BCUT2D eigenvalue weighted by Gasteiger charge is -2.11. The Balaban J connectivity index is 1.69. The number of amides is 3. The summed E-state index contributed by atoms with van der Waals surface area (Å²) in [5, 5.41) is 15.5. The van der Waals surface area contributed by atoms with Crippen molar-refractivity contribution in [3.05, 3.63) is 59.1 Å². The Bertz CT molecular complexity index is 1260. The molecule has 0 aliphatic rings. The fourth-order valence-electron chi connectivity index (χ4n) is 3.38. The molecule has 31 heavy (non-hydrogen) atoms. The Morgan fingerprint density at radius 1 is 1.10 bits per heavy atom. The molecule has 3 amide bonds. The largest absolute Gasteiger partial charge is 0.338 e. The Morgan fingerprint density at radius 2 is 1.87 bits per heavy atom. The molecule has 3 heterocycles. The van der Waals surface area contributed by atoms with E-state index >= 15 is 0 Å². The lowest BCUT2D eigenvalue weighted by molar-refractivity contribution is 0.102. The van der Waals surface area contributed by atoms with Crippen LogP contribution in [-0.2, 0) is 7.05 Å². The fraction of sp³-hybridized carbons (Fsp3) is 0.182. The van der Waals surface area contributed by atoms with Gasteiger partial charge in [0.2, 0.25) is 0 Å². The summed E-state index contributed by atoms with van der Waals surface area (Å²) in [4.78, 5) is 30.8. The van der Waals surface area contributed by atoms with Crippen LogP contribution < -0.4 is 16.0 Å². The highest BCUT2D eigenvalue weighted by Gasteiger charge is 2.20. The molecule has 0 spiro atoms. The molecule has 0 fully saturated rings. The number of nitrogens with zero attached hydrogens (tertiary/aromatic N) is 3. The van der Waals surface area contributed by atoms with Gasteiger partial charge in [-0.3, -0.25) is 9.48 Å². The van der Waals surface area contributed by atoms with E-state index in [1.54, 1.807) is 46.4 Å². The van der Waals surface area contributed by atoms with Gasteiger partial charge in [0.15, 0.2) is 5.65 Å². The van der Waals surface area contributed by atoms with E-state index in [2.05, 4.69) is 21.0 Å². The molecule has 158 valence electrons. The molecule has 4 rings (SSSR count). The third-order valence-electron chi connectivity index (χ3n) is 4.70. The van der Waals surface area contributed by atoms with Crippen molar-refractivity contribution in [1.29, 1.82) is 0 Å². The summed E-state index contributed by atoms with van der Waals surface area (Å²) in [6.45, 7) is 4.23. The molecule has 0 aliphatic heterocycles. The second kappa shape index (κ2) is 8.57. The van der Waals surface area contributed by atoms with Gasteiger partial charge in [-0.2, -0.15) is 5.10 Å². The first-order valence-electron chi connectivity index (χ1n) is 9.80. The number of carbonyl (C=O) groups is 2. The minimum atomic E-state index is -0.298. The zero-order valence-corrected chi connectivity index (χ0v) is 18.2. The minimum Gasteiger partial charge on any atom is -0.338 e. The number of hydrogen-bond acceptors (Lipinski definition) is 5. The van der Waals surface area contributed by atoms with Crippen LogP contribution in [0.15, 0.2) is 47.8 Å². The smallest absolute Gasteiger partial charge is 0.319 e. The third-order valence-corrected chi connectivity index (χ3v) is 5.59. The third kappa shape index (κ3) is 4.26. The van der Waals surface area contributed by atoms with Crippen LogP contribution in [0.4, 0.5) is 16.2 Å². The van der Waals surface area contributed by atoms with Gasteiger partial charge in [-0.1, -0.05) is 12.1 Å². The van der Waals surface area contributed by atoms with E-state index in [9.17, 15) is 9.59 Å². The predicted molar refractivity (Wildman–Crippen MR) is 124 cm³/mol. The molecule has 4 aromatic rings. The van der Waals surface area contributed by atoms with Gasteiger partial charge in [0, 0.05) is 25.0 Å². The van der Waals surface area contributed by atoms with Crippen LogP contribution in [0.2, 0.25) is 0 Å². The molecule has 3 aromatic heterocycles. The molecular weight excluding hydrogens is 412 g/mol. The summed E-state index contributed by atoms with van der Waals surface area (Å²) in [7, 11) is 1.82. The SMILES string of the molecule is CCNC(=O)Nc1cccc(NC(=O)c2cc(-c3cccs3)nc3c2c(C)nn3C)c1. The summed E-state index contributed by atoms with van der Waals surface area (Å²) in [5.74, 6) is -0.267. The van der Waals surface area contributed by atoms with Gasteiger partial charge in [0.1, 0.15) is 0 Å². The van der Waals surface area contributed by atoms with E-state index < -0.39 is 0 Å². The van der Waals surface area contributed by atoms with Gasteiger partial charge in [0.25, 0.3) is 5.91 Å². The van der Waals surface area contributed by atoms with Crippen molar-refractivity contribution < 1.29 is 9.59 Å². The quantitative estimate of drug-likeness (QED) is 0.433. The van der Waals surface area contributed by atoms with Crippen LogP contribution in [0, 0.1) is 6.92 Å². The fourth-order valence-corrected chi connectivity index (χ4v) is 4.07. The molecule has 0 unspecified atom stereocenters. The standard InChI is InChI=1S/C22H22N6O2S/c1-4-23-22(30)25-15-8-5-7-14(11-15)24-21(29)16-12-17(18-9-6-10-31-18)26-20-19(16)13(2)27-28(20)3/h5-12H,4H2,1-3H3,(H,24,29)(H2,23,25,30). The average Bonchev–Trinajstić information content (AvgIpc) is 3.36. The summed E-state index contributed by atoms with van der Waals surface area (Å²) in [6.07, 6.45) is 0. The number of urea groups is 1. The van der Waals surface area contributed by atoms with Crippen molar-refractivity contribution in [1.82, 2.24) is 20.1 Å². The zero-order chi connectivity index (χ0) is 22.0. The minimum absolute atomic E-state index is 0.267. The van der Waals surface area contributed by atoms with Crippen molar-refractivity contribution in [2.45, 2.75) is 13.8 Å². The first kappa shape index (κ1) is 20.5. The first-order chi connectivity index (χ1) is 15.0. The van der Waals surface area contributed by atoms with Crippen LogP contribution in [0.3, 0.4) is 0 Å². The number of anilines is 2. The molecule has 0 bridgehead atoms. The lowest BCUT2D eigenvalue weighted by atomic mass is 10.1. The molecule has 8 nitrogen and oxygen atoms in total. The van der Waals surface area contributed by atoms with Crippen molar-refractivity contribution in [3.63, 3.8) is 0 Å². The lowest BCUT2D eigenvalue weighted by Crippen LogP contribution is -2.28. The van der Waals surface area contributed by atoms with Crippen LogP contribution in [0.25, 0.3) is 21.6 Å². The molecule has 0 aliphatic carbocycles. The van der Waals surface area contributed by atoms with E-state index in [1.165, 1.54) is 0 Å². The van der Waals surface area contributed by atoms with Gasteiger partial charge in [-0.05, 0) is 49.6 Å². The highest BCUT2D eigenvalue weighted by molar-refractivity contribution is 7.13. The highest BCUT2D eigenvalue weighted by atomic mass is 32.1. The van der Waals surface area contributed by atoms with E-state index in [4.69, 9.17) is 4.98 Å². The highest BCUT2D eigenvalue weighted by Crippen LogP contribution is 2.30. The molecule has 3 N–H and O–H groups in total. The monoisotopic (exact) mass is 434 g/mol. The van der Waals surface area contributed by atoms with E-state index in [1.807, 2.05) is 38.4 Å². The zero-order valence-electron chi connectivity index (χ0n) is 17.4. The average molecular weight is 435 g/mol. The van der Waals surface area contributed by atoms with Crippen molar-refractivity contribution in [2.24, 2.45) is 7.05 Å². The molecule has 0 atom stereocenters. The van der Waals surface area contributed by atoms with Gasteiger partial charge >= 0.3 is 6.03 Å². The summed E-state index contributed by atoms with van der Waals surface area (Å²) < 4.78 is 1.69. The summed E-state index contributed by atoms with van der Waals surface area (Å²) >= 11 is 1.56. The Hall–Kier alpha value is -3.72. The maximum absolute atomic E-state index is 13.3. The van der Waals surface area contributed by atoms with Gasteiger partial charge in [-0.15, -0.1) is 11.3 Å².